The molecular weight excluding hydrogens is 400 g/mol. The van der Waals surface area contributed by atoms with Crippen molar-refractivity contribution in [2.75, 3.05) is 6.61 Å². The van der Waals surface area contributed by atoms with Gasteiger partial charge in [-0.3, -0.25) is 0 Å². The molecule has 2 aliphatic rings. The second-order valence-corrected chi connectivity index (χ2v) is 7.88. The van der Waals surface area contributed by atoms with Crippen LogP contribution < -0.4 is 9.47 Å². The first-order chi connectivity index (χ1) is 15.7. The van der Waals surface area contributed by atoms with Gasteiger partial charge in [-0.15, -0.1) is 0 Å². The van der Waals surface area contributed by atoms with E-state index in [1.54, 1.807) is 6.92 Å². The maximum absolute atomic E-state index is 13.1. The van der Waals surface area contributed by atoms with Gasteiger partial charge in [0.2, 0.25) is 0 Å². The lowest BCUT2D eigenvalue weighted by Gasteiger charge is -2.38. The molecule has 2 heterocycles. The Labute approximate surface area is 185 Å². The molecule has 0 N–H and O–H groups in total. The summed E-state index contributed by atoms with van der Waals surface area (Å²) in [5, 5.41) is 4.29. The van der Waals surface area contributed by atoms with Crippen molar-refractivity contribution in [2.24, 2.45) is 0 Å². The average molecular weight is 420 g/mol. The van der Waals surface area contributed by atoms with E-state index in [-0.39, 0.29) is 6.61 Å². The van der Waals surface area contributed by atoms with E-state index in [4.69, 9.17) is 14.2 Å². The summed E-state index contributed by atoms with van der Waals surface area (Å²) in [5.41, 5.74) is 2.13. The summed E-state index contributed by atoms with van der Waals surface area (Å²) < 4.78 is 18.3. The molecule has 0 radical (unpaired) electrons. The molecule has 0 bridgehead atoms. The Bertz CT molecular complexity index is 1460. The van der Waals surface area contributed by atoms with Gasteiger partial charge >= 0.3 is 11.8 Å². The molecule has 1 atom stereocenters. The third-order valence-corrected chi connectivity index (χ3v) is 6.01. The molecule has 4 aromatic carbocycles. The van der Waals surface area contributed by atoms with Gasteiger partial charge in [0.25, 0.3) is 0 Å². The first-order valence-electron chi connectivity index (χ1n) is 10.7. The lowest BCUT2D eigenvalue weighted by Crippen LogP contribution is -2.48. The highest BCUT2D eigenvalue weighted by molar-refractivity contribution is 6.03. The predicted octanol–water partition coefficient (Wildman–Crippen LogP) is 6.13. The van der Waals surface area contributed by atoms with Gasteiger partial charge in [0, 0.05) is 17.2 Å². The molecule has 1 spiro atoms. The fourth-order valence-corrected chi connectivity index (χ4v) is 4.51. The normalized spacial score (nSPS) is 18.5. The summed E-state index contributed by atoms with van der Waals surface area (Å²) in [6.07, 6.45) is 5.62. The largest absolute Gasteiger partial charge is 0.462 e. The van der Waals surface area contributed by atoms with Gasteiger partial charge < -0.3 is 14.2 Å². The summed E-state index contributed by atoms with van der Waals surface area (Å²) in [7, 11) is 0. The SMILES string of the molecule is CCOC(=O)C1=Cc2c(ccc3ccccc23)O[C@]12C=Cc1c(ccc3ccccc13)O2. The second kappa shape index (κ2) is 6.99. The fourth-order valence-electron chi connectivity index (χ4n) is 4.51. The lowest BCUT2D eigenvalue weighted by molar-refractivity contribution is -0.144. The number of ether oxygens (including phenoxy) is 3. The minimum absolute atomic E-state index is 0.263. The van der Waals surface area contributed by atoms with Crippen LogP contribution in [0.2, 0.25) is 0 Å². The van der Waals surface area contributed by atoms with E-state index in [9.17, 15) is 4.79 Å². The van der Waals surface area contributed by atoms with Crippen molar-refractivity contribution in [3.05, 3.63) is 95.6 Å². The number of carbonyl (C=O) groups is 1. The second-order valence-electron chi connectivity index (χ2n) is 7.88. The average Bonchev–Trinajstić information content (AvgIpc) is 2.83. The van der Waals surface area contributed by atoms with E-state index < -0.39 is 11.8 Å². The van der Waals surface area contributed by atoms with Crippen LogP contribution in [-0.2, 0) is 9.53 Å². The van der Waals surface area contributed by atoms with Gasteiger partial charge in [0.05, 0.1) is 6.61 Å². The molecule has 2 aliphatic heterocycles. The maximum Gasteiger partial charge on any atom is 0.342 e. The number of fused-ring (bicyclic) bond motifs is 6. The van der Waals surface area contributed by atoms with Gasteiger partial charge in [-0.2, -0.15) is 0 Å². The molecule has 0 aromatic heterocycles. The standard InChI is InChI=1S/C28H20O4/c1-2-30-27(29)24-17-23-21-10-6-4-8-19(21)12-14-26(23)32-28(24)16-15-22-20-9-5-3-7-18(20)11-13-25(22)31-28/h3-17H,2H2,1H3/t28-/m1/s1. The first kappa shape index (κ1) is 18.7. The molecule has 6 rings (SSSR count). The number of carbonyl (C=O) groups excluding carboxylic acids is 1. The van der Waals surface area contributed by atoms with Crippen molar-refractivity contribution in [3.8, 4) is 11.5 Å². The summed E-state index contributed by atoms with van der Waals surface area (Å²) in [5.74, 6) is -0.534. The molecule has 0 aliphatic carbocycles. The van der Waals surface area contributed by atoms with Gasteiger partial charge in [0.1, 0.15) is 17.1 Å². The molecule has 0 amide bonds. The van der Waals surface area contributed by atoms with Crippen LogP contribution in [0.5, 0.6) is 11.5 Å². The Morgan fingerprint density at radius 1 is 0.812 bits per heavy atom. The highest BCUT2D eigenvalue weighted by Gasteiger charge is 2.47. The first-order valence-corrected chi connectivity index (χ1v) is 10.7. The van der Waals surface area contributed by atoms with E-state index in [2.05, 4.69) is 12.1 Å². The van der Waals surface area contributed by atoms with Crippen LogP contribution in [0.15, 0.2) is 84.4 Å². The minimum Gasteiger partial charge on any atom is -0.462 e. The van der Waals surface area contributed by atoms with Crippen molar-refractivity contribution < 1.29 is 19.0 Å². The molecule has 4 aromatic rings. The number of benzene rings is 4. The Morgan fingerprint density at radius 3 is 2.06 bits per heavy atom. The molecule has 0 saturated heterocycles. The monoisotopic (exact) mass is 420 g/mol. The summed E-state index contributed by atoms with van der Waals surface area (Å²) >= 11 is 0. The topological polar surface area (TPSA) is 44.8 Å². The molecule has 32 heavy (non-hydrogen) atoms. The number of hydrogen-bond acceptors (Lipinski definition) is 4. The number of esters is 1. The molecule has 0 saturated carbocycles. The zero-order valence-corrected chi connectivity index (χ0v) is 17.5. The van der Waals surface area contributed by atoms with Crippen LogP contribution in [0.1, 0.15) is 18.1 Å². The Balaban J connectivity index is 1.54. The molecule has 4 heteroatoms. The Hall–Kier alpha value is -4.05. The third-order valence-electron chi connectivity index (χ3n) is 6.01. The molecule has 156 valence electrons. The third kappa shape index (κ3) is 2.73. The lowest BCUT2D eigenvalue weighted by atomic mass is 9.92. The zero-order valence-electron chi connectivity index (χ0n) is 17.5. The van der Waals surface area contributed by atoms with Gasteiger partial charge in [-0.25, -0.2) is 4.79 Å². The Morgan fingerprint density at radius 2 is 1.41 bits per heavy atom. The van der Waals surface area contributed by atoms with Crippen LogP contribution in [0, 0.1) is 0 Å². The zero-order chi connectivity index (χ0) is 21.7. The highest BCUT2D eigenvalue weighted by Crippen LogP contribution is 2.45. The van der Waals surface area contributed by atoms with Gasteiger partial charge in [-0.1, -0.05) is 60.7 Å². The number of hydrogen-bond donors (Lipinski definition) is 0. The number of rotatable bonds is 2. The maximum atomic E-state index is 13.1. The smallest absolute Gasteiger partial charge is 0.342 e. The van der Waals surface area contributed by atoms with E-state index in [1.807, 2.05) is 78.9 Å². The van der Waals surface area contributed by atoms with E-state index in [0.717, 1.165) is 32.7 Å². The minimum atomic E-state index is -1.39. The van der Waals surface area contributed by atoms with Crippen molar-refractivity contribution in [1.29, 1.82) is 0 Å². The van der Waals surface area contributed by atoms with Crippen LogP contribution in [0.4, 0.5) is 0 Å². The van der Waals surface area contributed by atoms with Gasteiger partial charge in [-0.05, 0) is 52.8 Å². The van der Waals surface area contributed by atoms with Crippen molar-refractivity contribution in [1.82, 2.24) is 0 Å². The van der Waals surface area contributed by atoms with E-state index in [1.165, 1.54) is 0 Å². The molecule has 4 nitrogen and oxygen atoms in total. The quantitative estimate of drug-likeness (QED) is 0.366. The van der Waals surface area contributed by atoms with Crippen LogP contribution in [0.25, 0.3) is 33.7 Å². The van der Waals surface area contributed by atoms with Crippen molar-refractivity contribution in [3.63, 3.8) is 0 Å². The summed E-state index contributed by atoms with van der Waals surface area (Å²) in [4.78, 5) is 13.1. The van der Waals surface area contributed by atoms with Gasteiger partial charge in [0.15, 0.2) is 0 Å². The molecule has 0 fully saturated rings. The molecular formula is C28H20O4. The molecule has 0 unspecified atom stereocenters. The summed E-state index contributed by atoms with van der Waals surface area (Å²) in [6.45, 7) is 2.05. The van der Waals surface area contributed by atoms with Crippen LogP contribution in [-0.4, -0.2) is 18.4 Å². The van der Waals surface area contributed by atoms with Crippen LogP contribution >= 0.6 is 0 Å². The van der Waals surface area contributed by atoms with Crippen molar-refractivity contribution in [2.45, 2.75) is 12.7 Å². The Kier molecular flexibility index (Phi) is 4.08. The van der Waals surface area contributed by atoms with E-state index in [0.29, 0.717) is 17.1 Å². The fraction of sp³-hybridized carbons (Fsp3) is 0.107. The highest BCUT2D eigenvalue weighted by atomic mass is 16.7. The van der Waals surface area contributed by atoms with E-state index >= 15 is 0 Å². The predicted molar refractivity (Wildman–Crippen MR) is 126 cm³/mol. The van der Waals surface area contributed by atoms with Crippen LogP contribution in [0.3, 0.4) is 0 Å². The van der Waals surface area contributed by atoms with Crippen molar-refractivity contribution >= 4 is 39.7 Å². The summed E-state index contributed by atoms with van der Waals surface area (Å²) in [6, 6.07) is 24.0.